The van der Waals surface area contributed by atoms with E-state index in [1.54, 1.807) is 0 Å². The SMILES string of the molecule is Cc1nc(C2CCCCN2C(=O)C(C)C)nc2c1CCCN2CCc1ccccn1. The molecule has 1 unspecified atom stereocenters. The molecule has 2 aromatic rings. The number of aryl methyl sites for hydroxylation is 1. The van der Waals surface area contributed by atoms with Gasteiger partial charge in [-0.1, -0.05) is 19.9 Å². The Kier molecular flexibility index (Phi) is 6.30. The summed E-state index contributed by atoms with van der Waals surface area (Å²) in [7, 11) is 0. The number of likely N-dealkylation sites (tertiary alicyclic amines) is 1. The topological polar surface area (TPSA) is 62.2 Å². The van der Waals surface area contributed by atoms with Crippen molar-refractivity contribution in [2.24, 2.45) is 5.92 Å². The Hall–Kier alpha value is -2.50. The summed E-state index contributed by atoms with van der Waals surface area (Å²) in [6.07, 6.45) is 8.05. The fourth-order valence-corrected chi connectivity index (χ4v) is 4.67. The van der Waals surface area contributed by atoms with Crippen LogP contribution in [0.4, 0.5) is 5.82 Å². The van der Waals surface area contributed by atoms with Crippen LogP contribution in [0, 0.1) is 12.8 Å². The maximum absolute atomic E-state index is 12.8. The van der Waals surface area contributed by atoms with Gasteiger partial charge in [-0.3, -0.25) is 9.78 Å². The third-order valence-electron chi connectivity index (χ3n) is 6.31. The normalized spacial score (nSPS) is 19.1. The summed E-state index contributed by atoms with van der Waals surface area (Å²) in [5, 5.41) is 0. The molecule has 2 aliphatic heterocycles. The van der Waals surface area contributed by atoms with Crippen LogP contribution in [0.2, 0.25) is 0 Å². The largest absolute Gasteiger partial charge is 0.356 e. The Morgan fingerprint density at radius 1 is 1.17 bits per heavy atom. The molecule has 2 aliphatic rings. The van der Waals surface area contributed by atoms with Crippen LogP contribution in [-0.4, -0.2) is 45.4 Å². The van der Waals surface area contributed by atoms with Gasteiger partial charge in [0, 0.05) is 55.1 Å². The maximum atomic E-state index is 12.8. The average molecular weight is 408 g/mol. The van der Waals surface area contributed by atoms with E-state index in [1.807, 2.05) is 37.1 Å². The summed E-state index contributed by atoms with van der Waals surface area (Å²) >= 11 is 0. The van der Waals surface area contributed by atoms with Crippen LogP contribution < -0.4 is 4.90 Å². The Labute approximate surface area is 179 Å². The van der Waals surface area contributed by atoms with E-state index < -0.39 is 0 Å². The Morgan fingerprint density at radius 2 is 2.03 bits per heavy atom. The van der Waals surface area contributed by atoms with Gasteiger partial charge in [-0.15, -0.1) is 0 Å². The van der Waals surface area contributed by atoms with Crippen molar-refractivity contribution in [2.45, 2.75) is 65.3 Å². The molecule has 1 fully saturated rings. The second kappa shape index (κ2) is 9.11. The lowest BCUT2D eigenvalue weighted by Crippen LogP contribution is -2.42. The fraction of sp³-hybridized carbons (Fsp3) is 0.583. The summed E-state index contributed by atoms with van der Waals surface area (Å²) in [4.78, 5) is 31.7. The van der Waals surface area contributed by atoms with Gasteiger partial charge in [0.05, 0.1) is 6.04 Å². The number of piperidine rings is 1. The number of fused-ring (bicyclic) bond motifs is 1. The molecular formula is C24H33N5O. The van der Waals surface area contributed by atoms with E-state index >= 15 is 0 Å². The highest BCUT2D eigenvalue weighted by atomic mass is 16.2. The van der Waals surface area contributed by atoms with Gasteiger partial charge in [0.25, 0.3) is 0 Å². The van der Waals surface area contributed by atoms with Crippen molar-refractivity contribution in [1.29, 1.82) is 0 Å². The van der Waals surface area contributed by atoms with Gasteiger partial charge in [0.1, 0.15) is 5.82 Å². The van der Waals surface area contributed by atoms with E-state index in [2.05, 4.69) is 22.9 Å². The molecule has 6 nitrogen and oxygen atoms in total. The second-order valence-electron chi connectivity index (χ2n) is 8.83. The third-order valence-corrected chi connectivity index (χ3v) is 6.31. The van der Waals surface area contributed by atoms with Gasteiger partial charge in [-0.05, 0) is 51.2 Å². The molecule has 0 bridgehead atoms. The minimum absolute atomic E-state index is 0.000745. The number of anilines is 1. The highest BCUT2D eigenvalue weighted by Gasteiger charge is 2.33. The second-order valence-corrected chi connectivity index (χ2v) is 8.83. The average Bonchev–Trinajstić information content (AvgIpc) is 2.78. The first-order chi connectivity index (χ1) is 14.5. The lowest BCUT2D eigenvalue weighted by atomic mass is 9.98. The first kappa shape index (κ1) is 20.8. The smallest absolute Gasteiger partial charge is 0.225 e. The molecule has 0 aliphatic carbocycles. The molecule has 30 heavy (non-hydrogen) atoms. The van der Waals surface area contributed by atoms with E-state index in [9.17, 15) is 4.79 Å². The summed E-state index contributed by atoms with van der Waals surface area (Å²) in [5.74, 6) is 2.11. The summed E-state index contributed by atoms with van der Waals surface area (Å²) in [5.41, 5.74) is 3.44. The number of hydrogen-bond donors (Lipinski definition) is 0. The monoisotopic (exact) mass is 407 g/mol. The van der Waals surface area contributed by atoms with Crippen LogP contribution in [-0.2, 0) is 17.6 Å². The summed E-state index contributed by atoms with van der Waals surface area (Å²) < 4.78 is 0. The Morgan fingerprint density at radius 3 is 2.80 bits per heavy atom. The molecule has 4 heterocycles. The number of amides is 1. The van der Waals surface area contributed by atoms with Crippen molar-refractivity contribution >= 4 is 11.7 Å². The minimum Gasteiger partial charge on any atom is -0.356 e. The minimum atomic E-state index is -0.00258. The standard InChI is InChI=1S/C24H33N5O/c1-17(2)24(30)29-15-7-5-11-21(29)22-26-18(3)20-10-8-14-28(23(20)27-22)16-12-19-9-4-6-13-25-19/h4,6,9,13,17,21H,5,7-8,10-12,14-16H2,1-3H3. The number of carbonyl (C=O) groups excluding carboxylic acids is 1. The van der Waals surface area contributed by atoms with Crippen molar-refractivity contribution in [3.05, 3.63) is 47.2 Å². The first-order valence-corrected chi connectivity index (χ1v) is 11.4. The van der Waals surface area contributed by atoms with Crippen molar-refractivity contribution in [2.75, 3.05) is 24.5 Å². The van der Waals surface area contributed by atoms with E-state index in [4.69, 9.17) is 9.97 Å². The molecule has 0 N–H and O–H groups in total. The zero-order valence-electron chi connectivity index (χ0n) is 18.5. The van der Waals surface area contributed by atoms with Crippen molar-refractivity contribution < 1.29 is 4.79 Å². The van der Waals surface area contributed by atoms with Crippen LogP contribution >= 0.6 is 0 Å². The Balaban J connectivity index is 1.61. The van der Waals surface area contributed by atoms with Crippen LogP contribution in [0.3, 0.4) is 0 Å². The first-order valence-electron chi connectivity index (χ1n) is 11.4. The number of pyridine rings is 1. The molecule has 0 radical (unpaired) electrons. The predicted molar refractivity (Wildman–Crippen MR) is 118 cm³/mol. The zero-order valence-corrected chi connectivity index (χ0v) is 18.5. The summed E-state index contributed by atoms with van der Waals surface area (Å²) in [6, 6.07) is 6.08. The van der Waals surface area contributed by atoms with E-state index in [-0.39, 0.29) is 17.9 Å². The van der Waals surface area contributed by atoms with E-state index in [1.165, 1.54) is 5.56 Å². The molecule has 2 aromatic heterocycles. The number of aromatic nitrogens is 3. The van der Waals surface area contributed by atoms with E-state index in [0.29, 0.717) is 0 Å². The number of carbonyl (C=O) groups is 1. The van der Waals surface area contributed by atoms with Crippen molar-refractivity contribution in [1.82, 2.24) is 19.9 Å². The third kappa shape index (κ3) is 4.32. The van der Waals surface area contributed by atoms with E-state index in [0.717, 1.165) is 81.2 Å². The van der Waals surface area contributed by atoms with Gasteiger partial charge < -0.3 is 9.80 Å². The van der Waals surface area contributed by atoms with Gasteiger partial charge in [0.15, 0.2) is 5.82 Å². The number of hydrogen-bond acceptors (Lipinski definition) is 5. The number of rotatable bonds is 5. The van der Waals surface area contributed by atoms with Crippen LogP contribution in [0.15, 0.2) is 24.4 Å². The highest BCUT2D eigenvalue weighted by Crippen LogP contribution is 2.34. The molecule has 160 valence electrons. The van der Waals surface area contributed by atoms with Gasteiger partial charge >= 0.3 is 0 Å². The van der Waals surface area contributed by atoms with Crippen LogP contribution in [0.1, 0.15) is 68.3 Å². The molecule has 4 rings (SSSR count). The maximum Gasteiger partial charge on any atom is 0.225 e. The molecule has 6 heteroatoms. The molecule has 1 atom stereocenters. The van der Waals surface area contributed by atoms with Crippen molar-refractivity contribution in [3.8, 4) is 0 Å². The number of nitrogens with zero attached hydrogens (tertiary/aromatic N) is 5. The summed E-state index contributed by atoms with van der Waals surface area (Å²) in [6.45, 7) is 8.78. The molecular weight excluding hydrogens is 374 g/mol. The lowest BCUT2D eigenvalue weighted by molar-refractivity contribution is -0.138. The lowest BCUT2D eigenvalue weighted by Gasteiger charge is -2.37. The molecule has 0 spiro atoms. The molecule has 1 saturated heterocycles. The van der Waals surface area contributed by atoms with Gasteiger partial charge in [0.2, 0.25) is 5.91 Å². The fourth-order valence-electron chi connectivity index (χ4n) is 4.67. The molecule has 0 aromatic carbocycles. The van der Waals surface area contributed by atoms with Crippen molar-refractivity contribution in [3.63, 3.8) is 0 Å². The zero-order chi connectivity index (χ0) is 21.1. The quantitative estimate of drug-likeness (QED) is 0.753. The van der Waals surface area contributed by atoms with Gasteiger partial charge in [-0.2, -0.15) is 0 Å². The molecule has 1 amide bonds. The van der Waals surface area contributed by atoms with Gasteiger partial charge in [-0.25, -0.2) is 9.97 Å². The Bertz CT molecular complexity index is 883. The molecule has 0 saturated carbocycles. The predicted octanol–water partition coefficient (Wildman–Crippen LogP) is 3.88. The van der Waals surface area contributed by atoms with Crippen LogP contribution in [0.5, 0.6) is 0 Å². The van der Waals surface area contributed by atoms with Crippen LogP contribution in [0.25, 0.3) is 0 Å². The highest BCUT2D eigenvalue weighted by molar-refractivity contribution is 5.78.